The van der Waals surface area contributed by atoms with Gasteiger partial charge in [-0.15, -0.1) is 0 Å². The van der Waals surface area contributed by atoms with Gasteiger partial charge < -0.3 is 4.90 Å². The van der Waals surface area contributed by atoms with Gasteiger partial charge in [-0.2, -0.15) is 18.3 Å². The highest BCUT2D eigenvalue weighted by molar-refractivity contribution is 5.70. The molecule has 0 atom stereocenters. The number of rotatable bonds is 2. The van der Waals surface area contributed by atoms with Crippen LogP contribution in [0.15, 0.2) is 18.5 Å². The molecule has 20 heavy (non-hydrogen) atoms. The van der Waals surface area contributed by atoms with Crippen molar-refractivity contribution in [2.45, 2.75) is 24.9 Å². The molecule has 4 nitrogen and oxygen atoms in total. The van der Waals surface area contributed by atoms with Gasteiger partial charge >= 0.3 is 6.18 Å². The third-order valence-corrected chi connectivity index (χ3v) is 4.03. The highest BCUT2D eigenvalue weighted by Gasteiger charge is 2.47. The molecular formula is C13H13F3N4. The largest absolute Gasteiger partial charge is 0.395 e. The summed E-state index contributed by atoms with van der Waals surface area (Å²) in [7, 11) is 0. The lowest BCUT2D eigenvalue weighted by Gasteiger charge is -2.40. The molecule has 0 spiro atoms. The van der Waals surface area contributed by atoms with Crippen LogP contribution in [0, 0.1) is 5.92 Å². The number of fused-ring (bicyclic) bond motifs is 1. The first-order valence-corrected chi connectivity index (χ1v) is 6.68. The molecule has 0 radical (unpaired) electrons. The maximum atomic E-state index is 12.6. The number of hydrogen-bond donors (Lipinski definition) is 0. The molecule has 0 bridgehead atoms. The van der Waals surface area contributed by atoms with E-state index >= 15 is 0 Å². The van der Waals surface area contributed by atoms with Crippen LogP contribution in [0.2, 0.25) is 0 Å². The lowest BCUT2D eigenvalue weighted by Crippen LogP contribution is -2.53. The summed E-state index contributed by atoms with van der Waals surface area (Å²) in [6.45, 7) is -0.0275. The Hall–Kier alpha value is -1.79. The van der Waals surface area contributed by atoms with Gasteiger partial charge in [0.2, 0.25) is 0 Å². The molecule has 2 aromatic rings. The summed E-state index contributed by atoms with van der Waals surface area (Å²) in [5.41, 5.74) is 1.82. The second kappa shape index (κ2) is 3.86. The van der Waals surface area contributed by atoms with E-state index in [0.717, 1.165) is 24.1 Å². The zero-order chi connectivity index (χ0) is 13.9. The van der Waals surface area contributed by atoms with E-state index in [1.807, 2.05) is 6.07 Å². The first kappa shape index (κ1) is 12.0. The number of aromatic nitrogens is 3. The van der Waals surface area contributed by atoms with Gasteiger partial charge in [-0.1, -0.05) is 0 Å². The zero-order valence-electron chi connectivity index (χ0n) is 10.6. The van der Waals surface area contributed by atoms with E-state index in [2.05, 4.69) is 10.1 Å². The van der Waals surface area contributed by atoms with E-state index in [4.69, 9.17) is 0 Å². The minimum absolute atomic E-state index is 0.0138. The van der Waals surface area contributed by atoms with Crippen molar-refractivity contribution in [3.05, 3.63) is 24.2 Å². The van der Waals surface area contributed by atoms with E-state index in [-0.39, 0.29) is 13.1 Å². The SMILES string of the molecule is FC(F)(F)C1CN(c2nccn3nc(C4CC4)cc23)C1. The van der Waals surface area contributed by atoms with Crippen LogP contribution >= 0.6 is 0 Å². The third-order valence-electron chi connectivity index (χ3n) is 4.03. The average Bonchev–Trinajstić information content (AvgIpc) is 3.05. The van der Waals surface area contributed by atoms with E-state index in [0.29, 0.717) is 11.7 Å². The number of halogens is 3. The first-order chi connectivity index (χ1) is 9.52. The second-order valence-corrected chi connectivity index (χ2v) is 5.57. The maximum absolute atomic E-state index is 12.6. The van der Waals surface area contributed by atoms with Crippen LogP contribution in [-0.2, 0) is 0 Å². The summed E-state index contributed by atoms with van der Waals surface area (Å²) in [6, 6.07) is 1.96. The number of nitrogens with zero attached hydrogens (tertiary/aromatic N) is 4. The Kier molecular flexibility index (Phi) is 2.32. The molecule has 2 aliphatic rings. The lowest BCUT2D eigenvalue weighted by atomic mass is 10.00. The van der Waals surface area contributed by atoms with Crippen molar-refractivity contribution in [1.29, 1.82) is 0 Å². The predicted octanol–water partition coefficient (Wildman–Crippen LogP) is 2.61. The number of hydrogen-bond acceptors (Lipinski definition) is 3. The van der Waals surface area contributed by atoms with Crippen molar-refractivity contribution in [3.8, 4) is 0 Å². The summed E-state index contributed by atoms with van der Waals surface area (Å²) >= 11 is 0. The number of anilines is 1. The van der Waals surface area contributed by atoms with Gasteiger partial charge in [0, 0.05) is 31.4 Å². The Morgan fingerprint density at radius 2 is 1.95 bits per heavy atom. The molecule has 1 saturated heterocycles. The Morgan fingerprint density at radius 3 is 2.60 bits per heavy atom. The van der Waals surface area contributed by atoms with Gasteiger partial charge in [0.05, 0.1) is 11.6 Å². The Balaban J connectivity index is 1.64. The van der Waals surface area contributed by atoms with Crippen LogP contribution < -0.4 is 4.90 Å². The predicted molar refractivity (Wildman–Crippen MR) is 66.7 cm³/mol. The molecule has 0 amide bonds. The molecule has 2 fully saturated rings. The van der Waals surface area contributed by atoms with Crippen LogP contribution in [0.5, 0.6) is 0 Å². The van der Waals surface area contributed by atoms with E-state index < -0.39 is 12.1 Å². The summed E-state index contributed by atoms with van der Waals surface area (Å²) in [6.07, 6.45) is 1.51. The minimum atomic E-state index is -4.11. The zero-order valence-corrected chi connectivity index (χ0v) is 10.6. The van der Waals surface area contributed by atoms with Crippen LogP contribution in [0.3, 0.4) is 0 Å². The average molecular weight is 282 g/mol. The molecule has 1 saturated carbocycles. The van der Waals surface area contributed by atoms with Crippen LogP contribution in [0.1, 0.15) is 24.5 Å². The molecule has 0 unspecified atom stereocenters. The van der Waals surface area contributed by atoms with E-state index in [1.54, 1.807) is 21.8 Å². The van der Waals surface area contributed by atoms with Crippen molar-refractivity contribution < 1.29 is 13.2 Å². The van der Waals surface area contributed by atoms with Crippen molar-refractivity contribution >= 4 is 11.3 Å². The van der Waals surface area contributed by atoms with Crippen molar-refractivity contribution in [2.75, 3.05) is 18.0 Å². The molecule has 3 heterocycles. The quantitative estimate of drug-likeness (QED) is 0.849. The second-order valence-electron chi connectivity index (χ2n) is 5.57. The van der Waals surface area contributed by atoms with Crippen molar-refractivity contribution in [2.24, 2.45) is 5.92 Å². The fourth-order valence-corrected chi connectivity index (χ4v) is 2.61. The summed E-state index contributed by atoms with van der Waals surface area (Å²) in [4.78, 5) is 5.91. The first-order valence-electron chi connectivity index (χ1n) is 6.68. The summed E-state index contributed by atoms with van der Waals surface area (Å²) in [5.74, 6) is -0.121. The van der Waals surface area contributed by atoms with Crippen molar-refractivity contribution in [1.82, 2.24) is 14.6 Å². The Morgan fingerprint density at radius 1 is 1.20 bits per heavy atom. The molecule has 1 aliphatic carbocycles. The van der Waals surface area contributed by atoms with E-state index in [1.165, 1.54) is 0 Å². The van der Waals surface area contributed by atoms with Gasteiger partial charge in [0.15, 0.2) is 5.82 Å². The molecule has 7 heteroatoms. The fourth-order valence-electron chi connectivity index (χ4n) is 2.61. The van der Waals surface area contributed by atoms with Gasteiger partial charge in [-0.3, -0.25) is 0 Å². The summed E-state index contributed by atoms with van der Waals surface area (Å²) in [5, 5.41) is 4.47. The van der Waals surface area contributed by atoms with Gasteiger partial charge in [-0.05, 0) is 18.9 Å². The maximum Gasteiger partial charge on any atom is 0.395 e. The third kappa shape index (κ3) is 1.83. The van der Waals surface area contributed by atoms with Crippen LogP contribution in [-0.4, -0.2) is 33.9 Å². The topological polar surface area (TPSA) is 33.4 Å². The van der Waals surface area contributed by atoms with E-state index in [9.17, 15) is 13.2 Å². The Labute approximate surface area is 113 Å². The molecule has 2 aromatic heterocycles. The van der Waals surface area contributed by atoms with Crippen LogP contribution in [0.25, 0.3) is 5.52 Å². The lowest BCUT2D eigenvalue weighted by molar-refractivity contribution is -0.180. The normalized spacial score (nSPS) is 20.4. The Bertz CT molecular complexity index is 653. The molecule has 106 valence electrons. The highest BCUT2D eigenvalue weighted by Crippen LogP contribution is 2.41. The monoisotopic (exact) mass is 282 g/mol. The molecule has 1 aliphatic heterocycles. The molecule has 4 rings (SSSR count). The molecule has 0 N–H and O–H groups in total. The summed E-state index contributed by atoms with van der Waals surface area (Å²) < 4.78 is 39.4. The van der Waals surface area contributed by atoms with Gasteiger partial charge in [-0.25, -0.2) is 9.50 Å². The minimum Gasteiger partial charge on any atom is -0.353 e. The van der Waals surface area contributed by atoms with Crippen molar-refractivity contribution in [3.63, 3.8) is 0 Å². The smallest absolute Gasteiger partial charge is 0.353 e. The molecule has 0 aromatic carbocycles. The van der Waals surface area contributed by atoms with Crippen LogP contribution in [0.4, 0.5) is 19.0 Å². The fraction of sp³-hybridized carbons (Fsp3) is 0.538. The highest BCUT2D eigenvalue weighted by atomic mass is 19.4. The molecular weight excluding hydrogens is 269 g/mol. The van der Waals surface area contributed by atoms with Gasteiger partial charge in [0.25, 0.3) is 0 Å². The standard InChI is InChI=1S/C13H13F3N4/c14-13(15,16)9-6-19(7-9)12-11-5-10(8-1-2-8)18-20(11)4-3-17-12/h3-5,8-9H,1-2,6-7H2. The number of alkyl halides is 3. The van der Waals surface area contributed by atoms with Gasteiger partial charge in [0.1, 0.15) is 5.52 Å².